The summed E-state index contributed by atoms with van der Waals surface area (Å²) in [4.78, 5) is 15.4. The zero-order valence-electron chi connectivity index (χ0n) is 18.7. The van der Waals surface area contributed by atoms with Crippen molar-refractivity contribution in [3.63, 3.8) is 0 Å². The van der Waals surface area contributed by atoms with Crippen molar-refractivity contribution in [1.82, 2.24) is 26.0 Å². The standard InChI is InChI=1S/C23H40N6O2/c24-10-3-4-11-25-12-5-13-26-14-6-16-29(31)17-7-15-27-23(30)18-20-19-28-22-9-2-1-8-21(20)22/h1-2,8-9,19,25-26,28,31H,3-7,10-18,24H2,(H,27,30). The molecule has 0 radical (unpaired) electrons. The van der Waals surface area contributed by atoms with E-state index in [2.05, 4.69) is 20.9 Å². The van der Waals surface area contributed by atoms with Gasteiger partial charge in [-0.2, -0.15) is 5.06 Å². The molecule has 1 amide bonds. The number of aromatic nitrogens is 1. The van der Waals surface area contributed by atoms with Crippen LogP contribution in [0.1, 0.15) is 37.7 Å². The molecule has 0 aliphatic rings. The van der Waals surface area contributed by atoms with Crippen LogP contribution in [-0.4, -0.2) is 73.5 Å². The summed E-state index contributed by atoms with van der Waals surface area (Å²) in [5.74, 6) is 0.00677. The molecule has 0 fully saturated rings. The number of aromatic amines is 1. The van der Waals surface area contributed by atoms with Gasteiger partial charge in [-0.05, 0) is 76.5 Å². The first-order valence-corrected chi connectivity index (χ1v) is 11.6. The lowest BCUT2D eigenvalue weighted by Gasteiger charge is -2.15. The first-order chi connectivity index (χ1) is 15.2. The number of carbonyl (C=O) groups excluding carboxylic acids is 1. The topological polar surface area (TPSA) is 118 Å². The van der Waals surface area contributed by atoms with Crippen LogP contribution < -0.4 is 21.7 Å². The zero-order chi connectivity index (χ0) is 22.2. The second-order valence-electron chi connectivity index (χ2n) is 7.90. The number of carbonyl (C=O) groups is 1. The molecule has 1 aromatic heterocycles. The van der Waals surface area contributed by atoms with Gasteiger partial charge in [0.15, 0.2) is 0 Å². The van der Waals surface area contributed by atoms with E-state index in [0.29, 0.717) is 26.1 Å². The molecule has 0 aliphatic heterocycles. The number of H-pyrrole nitrogens is 1. The number of rotatable bonds is 18. The summed E-state index contributed by atoms with van der Waals surface area (Å²) in [6.07, 6.45) is 7.20. The average Bonchev–Trinajstić information content (AvgIpc) is 3.18. The highest BCUT2D eigenvalue weighted by Crippen LogP contribution is 2.17. The van der Waals surface area contributed by atoms with Crippen LogP contribution in [-0.2, 0) is 11.2 Å². The molecule has 174 valence electrons. The Balaban J connectivity index is 1.41. The highest BCUT2D eigenvalue weighted by molar-refractivity contribution is 5.88. The van der Waals surface area contributed by atoms with E-state index in [1.165, 1.54) is 5.06 Å². The normalized spacial score (nSPS) is 11.5. The highest BCUT2D eigenvalue weighted by Gasteiger charge is 2.08. The predicted molar refractivity (Wildman–Crippen MR) is 126 cm³/mol. The fourth-order valence-electron chi connectivity index (χ4n) is 3.48. The van der Waals surface area contributed by atoms with Crippen molar-refractivity contribution in [3.05, 3.63) is 36.0 Å². The summed E-state index contributed by atoms with van der Waals surface area (Å²) in [5, 5.41) is 22.1. The number of hydroxylamine groups is 2. The second kappa shape index (κ2) is 15.8. The van der Waals surface area contributed by atoms with E-state index in [0.717, 1.165) is 81.3 Å². The van der Waals surface area contributed by atoms with Crippen molar-refractivity contribution >= 4 is 16.8 Å². The molecule has 0 atom stereocenters. The van der Waals surface area contributed by atoms with Crippen LogP contribution in [0.5, 0.6) is 0 Å². The van der Waals surface area contributed by atoms with E-state index >= 15 is 0 Å². The van der Waals surface area contributed by atoms with Gasteiger partial charge >= 0.3 is 0 Å². The highest BCUT2D eigenvalue weighted by atomic mass is 16.5. The summed E-state index contributed by atoms with van der Waals surface area (Å²) in [6.45, 7) is 6.47. The quantitative estimate of drug-likeness (QED) is 0.157. The van der Waals surface area contributed by atoms with Crippen LogP contribution in [0.2, 0.25) is 0 Å². The van der Waals surface area contributed by atoms with Crippen LogP contribution >= 0.6 is 0 Å². The molecular weight excluding hydrogens is 392 g/mol. The Morgan fingerprint density at radius 3 is 2.39 bits per heavy atom. The molecule has 0 saturated carbocycles. The van der Waals surface area contributed by atoms with Crippen molar-refractivity contribution in [1.29, 1.82) is 0 Å². The molecule has 1 aromatic carbocycles. The molecule has 1 heterocycles. The number of amides is 1. The smallest absolute Gasteiger partial charge is 0.224 e. The third-order valence-electron chi connectivity index (χ3n) is 5.23. The minimum absolute atomic E-state index is 0.00677. The van der Waals surface area contributed by atoms with Crippen LogP contribution in [0.25, 0.3) is 10.9 Å². The Kier molecular flexibility index (Phi) is 12.9. The van der Waals surface area contributed by atoms with Gasteiger partial charge in [-0.15, -0.1) is 0 Å². The number of fused-ring (bicyclic) bond motifs is 1. The molecule has 2 rings (SSSR count). The van der Waals surface area contributed by atoms with Gasteiger partial charge in [-0.25, -0.2) is 0 Å². The number of nitrogens with zero attached hydrogens (tertiary/aromatic N) is 1. The van der Waals surface area contributed by atoms with Crippen molar-refractivity contribution < 1.29 is 10.0 Å². The molecule has 8 nitrogen and oxygen atoms in total. The zero-order valence-corrected chi connectivity index (χ0v) is 18.7. The lowest BCUT2D eigenvalue weighted by molar-refractivity contribution is -0.120. The van der Waals surface area contributed by atoms with E-state index in [4.69, 9.17) is 5.73 Å². The fraction of sp³-hybridized carbons (Fsp3) is 0.609. The van der Waals surface area contributed by atoms with E-state index in [-0.39, 0.29) is 5.91 Å². The van der Waals surface area contributed by atoms with Crippen molar-refractivity contribution in [2.45, 2.75) is 38.5 Å². The lowest BCUT2D eigenvalue weighted by Crippen LogP contribution is -2.31. The Morgan fingerprint density at radius 2 is 1.61 bits per heavy atom. The van der Waals surface area contributed by atoms with Crippen LogP contribution in [0.15, 0.2) is 30.5 Å². The third-order valence-corrected chi connectivity index (χ3v) is 5.23. The molecule has 0 unspecified atom stereocenters. The SMILES string of the molecule is NCCCCNCCCNCCCN(O)CCCNC(=O)Cc1c[nH]c2ccccc12. The van der Waals surface area contributed by atoms with Gasteiger partial charge in [0.05, 0.1) is 6.42 Å². The maximum absolute atomic E-state index is 12.2. The first-order valence-electron chi connectivity index (χ1n) is 11.6. The Morgan fingerprint density at radius 1 is 0.935 bits per heavy atom. The minimum Gasteiger partial charge on any atom is -0.361 e. The van der Waals surface area contributed by atoms with Crippen LogP contribution in [0, 0.1) is 0 Å². The molecule has 7 N–H and O–H groups in total. The average molecular weight is 433 g/mol. The number of hydrogen-bond acceptors (Lipinski definition) is 6. The van der Waals surface area contributed by atoms with Gasteiger partial charge in [-0.1, -0.05) is 18.2 Å². The van der Waals surface area contributed by atoms with Gasteiger partial charge in [0.1, 0.15) is 0 Å². The van der Waals surface area contributed by atoms with Crippen molar-refractivity contribution in [2.24, 2.45) is 5.73 Å². The summed E-state index contributed by atoms with van der Waals surface area (Å²) in [5.41, 5.74) is 7.52. The van der Waals surface area contributed by atoms with Gasteiger partial charge in [0.2, 0.25) is 5.91 Å². The summed E-state index contributed by atoms with van der Waals surface area (Å²) >= 11 is 0. The molecule has 0 saturated heterocycles. The molecule has 0 bridgehead atoms. The van der Waals surface area contributed by atoms with Crippen molar-refractivity contribution in [2.75, 3.05) is 52.4 Å². The summed E-state index contributed by atoms with van der Waals surface area (Å²) < 4.78 is 0. The monoisotopic (exact) mass is 432 g/mol. The van der Waals surface area contributed by atoms with E-state index in [9.17, 15) is 10.0 Å². The Labute approximate surface area is 185 Å². The third kappa shape index (κ3) is 10.8. The van der Waals surface area contributed by atoms with Crippen molar-refractivity contribution in [3.8, 4) is 0 Å². The van der Waals surface area contributed by atoms with Gasteiger partial charge < -0.3 is 31.9 Å². The maximum Gasteiger partial charge on any atom is 0.224 e. The molecule has 31 heavy (non-hydrogen) atoms. The summed E-state index contributed by atoms with van der Waals surface area (Å²) in [6, 6.07) is 7.98. The van der Waals surface area contributed by atoms with Gasteiger partial charge in [0, 0.05) is 36.7 Å². The number of nitrogens with two attached hydrogens (primary N) is 1. The largest absolute Gasteiger partial charge is 0.361 e. The van der Waals surface area contributed by atoms with Gasteiger partial charge in [0.25, 0.3) is 0 Å². The van der Waals surface area contributed by atoms with E-state index in [1.54, 1.807) is 0 Å². The fourth-order valence-corrected chi connectivity index (χ4v) is 3.48. The first kappa shape index (κ1) is 25.3. The molecule has 2 aromatic rings. The molecule has 0 spiro atoms. The molecular formula is C23H40N6O2. The van der Waals surface area contributed by atoms with E-state index < -0.39 is 0 Å². The van der Waals surface area contributed by atoms with Gasteiger partial charge in [-0.3, -0.25) is 4.79 Å². The predicted octanol–water partition coefficient (Wildman–Crippen LogP) is 1.61. The molecule has 0 aliphatic carbocycles. The Hall–Kier alpha value is -1.97. The number of para-hydroxylation sites is 1. The second-order valence-corrected chi connectivity index (χ2v) is 7.90. The number of hydrogen-bond donors (Lipinski definition) is 6. The number of benzene rings is 1. The summed E-state index contributed by atoms with van der Waals surface area (Å²) in [7, 11) is 0. The van der Waals surface area contributed by atoms with Crippen LogP contribution in [0.4, 0.5) is 0 Å². The Bertz CT molecular complexity index is 736. The van der Waals surface area contributed by atoms with Crippen LogP contribution in [0.3, 0.4) is 0 Å². The lowest BCUT2D eigenvalue weighted by atomic mass is 10.1. The van der Waals surface area contributed by atoms with E-state index in [1.807, 2.05) is 30.5 Å². The number of nitrogens with one attached hydrogen (secondary N) is 4. The molecule has 8 heteroatoms. The number of unbranched alkanes of at least 4 members (excludes halogenated alkanes) is 1. The maximum atomic E-state index is 12.2. The minimum atomic E-state index is 0.00677.